The van der Waals surface area contributed by atoms with Crippen molar-refractivity contribution in [3.8, 4) is 0 Å². The predicted molar refractivity (Wildman–Crippen MR) is 66.7 cm³/mol. The summed E-state index contributed by atoms with van der Waals surface area (Å²) in [5.41, 5.74) is 1.07. The molecule has 2 heteroatoms. The van der Waals surface area contributed by atoms with E-state index in [1.165, 1.54) is 18.6 Å². The van der Waals surface area contributed by atoms with Crippen LogP contribution >= 0.6 is 0 Å². The molecular formula is C15H19FO. The molecule has 1 saturated carbocycles. The quantitative estimate of drug-likeness (QED) is 0.698. The first-order valence-electron chi connectivity index (χ1n) is 6.33. The maximum atomic E-state index is 13.3. The molecule has 0 aromatic heterocycles. The second-order valence-electron chi connectivity index (χ2n) is 5.47. The average Bonchev–Trinajstić information content (AvgIpc) is 2.27. The minimum atomic E-state index is -0.312. The van der Waals surface area contributed by atoms with E-state index >= 15 is 0 Å². The summed E-state index contributed by atoms with van der Waals surface area (Å²) in [6.07, 6.45) is 5.29. The summed E-state index contributed by atoms with van der Waals surface area (Å²) >= 11 is 0. The number of carbonyl (C=O) groups excluding carboxylic acids is 1. The number of carbonyl (C=O) groups is 1. The Hall–Kier alpha value is -1.18. The molecule has 0 N–H and O–H groups in total. The van der Waals surface area contributed by atoms with Crippen molar-refractivity contribution < 1.29 is 9.18 Å². The highest BCUT2D eigenvalue weighted by molar-refractivity contribution is 6.00. The van der Waals surface area contributed by atoms with Gasteiger partial charge in [0, 0.05) is 11.0 Å². The highest BCUT2D eigenvalue weighted by atomic mass is 19.1. The van der Waals surface area contributed by atoms with Gasteiger partial charge in [-0.1, -0.05) is 26.2 Å². The molecule has 2 rings (SSSR count). The Morgan fingerprint density at radius 3 is 2.41 bits per heavy atom. The van der Waals surface area contributed by atoms with Crippen LogP contribution in [0.15, 0.2) is 18.2 Å². The molecule has 0 amide bonds. The van der Waals surface area contributed by atoms with Gasteiger partial charge in [0.05, 0.1) is 0 Å². The minimum Gasteiger partial charge on any atom is -0.294 e. The summed E-state index contributed by atoms with van der Waals surface area (Å²) in [5.74, 6) is -0.201. The van der Waals surface area contributed by atoms with Gasteiger partial charge < -0.3 is 0 Å². The summed E-state index contributed by atoms with van der Waals surface area (Å²) in [4.78, 5) is 12.5. The second-order valence-corrected chi connectivity index (χ2v) is 5.47. The van der Waals surface area contributed by atoms with Crippen LogP contribution in [0.3, 0.4) is 0 Å². The molecule has 1 aromatic rings. The van der Waals surface area contributed by atoms with Crippen LogP contribution in [0.4, 0.5) is 4.39 Å². The lowest BCUT2D eigenvalue weighted by molar-refractivity contribution is 0.0749. The molecule has 0 spiro atoms. The van der Waals surface area contributed by atoms with E-state index in [2.05, 4.69) is 0 Å². The zero-order valence-corrected chi connectivity index (χ0v) is 10.6. The van der Waals surface area contributed by atoms with E-state index in [4.69, 9.17) is 0 Å². The summed E-state index contributed by atoms with van der Waals surface area (Å²) in [6.45, 7) is 3.85. The monoisotopic (exact) mass is 234 g/mol. The summed E-state index contributed by atoms with van der Waals surface area (Å²) in [5, 5.41) is 0. The van der Waals surface area contributed by atoms with E-state index in [0.29, 0.717) is 5.56 Å². The zero-order valence-electron chi connectivity index (χ0n) is 10.6. The van der Waals surface area contributed by atoms with Gasteiger partial charge in [-0.05, 0) is 43.5 Å². The van der Waals surface area contributed by atoms with Crippen molar-refractivity contribution in [3.05, 3.63) is 35.1 Å². The van der Waals surface area contributed by atoms with Gasteiger partial charge in [0.2, 0.25) is 0 Å². The van der Waals surface area contributed by atoms with E-state index in [-0.39, 0.29) is 17.0 Å². The van der Waals surface area contributed by atoms with Crippen LogP contribution < -0.4 is 0 Å². The molecule has 1 nitrogen and oxygen atoms in total. The number of Topliss-reactive ketones (excluding diaryl/α,β-unsaturated/α-hetero) is 1. The molecule has 92 valence electrons. The summed E-state index contributed by atoms with van der Waals surface area (Å²) in [7, 11) is 0. The van der Waals surface area contributed by atoms with Crippen molar-refractivity contribution in [2.45, 2.75) is 46.0 Å². The number of halogens is 1. The van der Waals surface area contributed by atoms with Gasteiger partial charge in [-0.2, -0.15) is 0 Å². The Kier molecular flexibility index (Phi) is 3.32. The minimum absolute atomic E-state index is 0.111. The van der Waals surface area contributed by atoms with Crippen molar-refractivity contribution in [3.63, 3.8) is 0 Å². The van der Waals surface area contributed by atoms with Gasteiger partial charge >= 0.3 is 0 Å². The number of rotatable bonds is 2. The number of hydrogen-bond acceptors (Lipinski definition) is 1. The van der Waals surface area contributed by atoms with Crippen molar-refractivity contribution >= 4 is 5.78 Å². The van der Waals surface area contributed by atoms with E-state index in [1.54, 1.807) is 6.07 Å². The molecule has 0 atom stereocenters. The Labute approximate surface area is 102 Å². The van der Waals surface area contributed by atoms with Crippen LogP contribution in [0, 0.1) is 18.2 Å². The van der Waals surface area contributed by atoms with Crippen molar-refractivity contribution in [1.29, 1.82) is 0 Å². The number of aryl methyl sites for hydroxylation is 1. The normalized spacial score (nSPS) is 19.0. The van der Waals surface area contributed by atoms with Crippen LogP contribution in [0.1, 0.15) is 54.9 Å². The average molecular weight is 234 g/mol. The van der Waals surface area contributed by atoms with Crippen molar-refractivity contribution in [2.75, 3.05) is 0 Å². The fourth-order valence-corrected chi connectivity index (χ4v) is 2.78. The largest absolute Gasteiger partial charge is 0.294 e. The molecule has 0 heterocycles. The third-order valence-corrected chi connectivity index (χ3v) is 3.81. The first-order valence-corrected chi connectivity index (χ1v) is 6.33. The third kappa shape index (κ3) is 2.56. The van der Waals surface area contributed by atoms with Crippen LogP contribution in [0.25, 0.3) is 0 Å². The third-order valence-electron chi connectivity index (χ3n) is 3.81. The molecule has 1 aliphatic carbocycles. The van der Waals surface area contributed by atoms with E-state index in [1.807, 2.05) is 13.8 Å². The highest BCUT2D eigenvalue weighted by Crippen LogP contribution is 2.38. The first kappa shape index (κ1) is 12.3. The number of ketones is 1. The fraction of sp³-hybridized carbons (Fsp3) is 0.533. The lowest BCUT2D eigenvalue weighted by Crippen LogP contribution is -2.30. The summed E-state index contributed by atoms with van der Waals surface area (Å²) < 4.78 is 13.3. The van der Waals surface area contributed by atoms with Gasteiger partial charge in [-0.3, -0.25) is 4.79 Å². The van der Waals surface area contributed by atoms with Crippen LogP contribution in [-0.2, 0) is 0 Å². The molecule has 1 fully saturated rings. The molecule has 0 aliphatic heterocycles. The molecule has 0 saturated heterocycles. The molecule has 0 bridgehead atoms. The predicted octanol–water partition coefficient (Wildman–Crippen LogP) is 4.29. The maximum absolute atomic E-state index is 13.3. The zero-order chi connectivity index (χ0) is 12.5. The Morgan fingerprint density at radius 1 is 1.18 bits per heavy atom. The Morgan fingerprint density at radius 2 is 1.82 bits per heavy atom. The van der Waals surface area contributed by atoms with Crippen molar-refractivity contribution in [1.82, 2.24) is 0 Å². The SMILES string of the molecule is Cc1cc(F)cc(C(=O)C2(C)CCCCC2)c1. The van der Waals surface area contributed by atoms with Gasteiger partial charge in [-0.25, -0.2) is 4.39 Å². The first-order chi connectivity index (χ1) is 8.01. The van der Waals surface area contributed by atoms with Gasteiger partial charge in [-0.15, -0.1) is 0 Å². The highest BCUT2D eigenvalue weighted by Gasteiger charge is 2.35. The van der Waals surface area contributed by atoms with Crippen molar-refractivity contribution in [2.24, 2.45) is 5.41 Å². The molecule has 17 heavy (non-hydrogen) atoms. The molecule has 0 radical (unpaired) electrons. The van der Waals surface area contributed by atoms with Crippen LogP contribution in [0.5, 0.6) is 0 Å². The van der Waals surface area contributed by atoms with Crippen LogP contribution in [-0.4, -0.2) is 5.78 Å². The smallest absolute Gasteiger partial charge is 0.168 e. The van der Waals surface area contributed by atoms with Gasteiger partial charge in [0.15, 0.2) is 5.78 Å². The number of hydrogen-bond donors (Lipinski definition) is 0. The van der Waals surface area contributed by atoms with Crippen LogP contribution in [0.2, 0.25) is 0 Å². The molecule has 1 aliphatic rings. The standard InChI is InChI=1S/C15H19FO/c1-11-8-12(10-13(16)9-11)14(17)15(2)6-4-3-5-7-15/h8-10H,3-7H2,1-2H3. The Bertz CT molecular complexity index is 410. The second kappa shape index (κ2) is 4.59. The Balaban J connectivity index is 2.29. The van der Waals surface area contributed by atoms with E-state index in [0.717, 1.165) is 31.2 Å². The van der Waals surface area contributed by atoms with Gasteiger partial charge in [0.25, 0.3) is 0 Å². The maximum Gasteiger partial charge on any atom is 0.168 e. The topological polar surface area (TPSA) is 17.1 Å². The fourth-order valence-electron chi connectivity index (χ4n) is 2.78. The lowest BCUT2D eigenvalue weighted by atomic mass is 9.71. The van der Waals surface area contributed by atoms with E-state index in [9.17, 15) is 9.18 Å². The number of benzene rings is 1. The molecular weight excluding hydrogens is 215 g/mol. The van der Waals surface area contributed by atoms with E-state index < -0.39 is 0 Å². The summed E-state index contributed by atoms with van der Waals surface area (Å²) in [6, 6.07) is 4.63. The molecule has 1 aromatic carbocycles. The molecule has 0 unspecified atom stereocenters. The van der Waals surface area contributed by atoms with Gasteiger partial charge in [0.1, 0.15) is 5.82 Å². The lowest BCUT2D eigenvalue weighted by Gasteiger charge is -2.32.